The first kappa shape index (κ1) is 14.0. The van der Waals surface area contributed by atoms with Crippen molar-refractivity contribution in [3.05, 3.63) is 39.4 Å². The van der Waals surface area contributed by atoms with Crippen molar-refractivity contribution in [2.45, 2.75) is 25.4 Å². The molecule has 0 unspecified atom stereocenters. The van der Waals surface area contributed by atoms with Crippen molar-refractivity contribution in [3.8, 4) is 0 Å². The van der Waals surface area contributed by atoms with Crippen LogP contribution in [0.15, 0.2) is 23.0 Å². The van der Waals surface area contributed by atoms with Crippen molar-refractivity contribution in [1.82, 2.24) is 20.6 Å². The lowest BCUT2D eigenvalue weighted by molar-refractivity contribution is -0.120. The Bertz CT molecular complexity index is 739. The zero-order chi connectivity index (χ0) is 14.8. The summed E-state index contributed by atoms with van der Waals surface area (Å²) in [6, 6.07) is 5.29. The van der Waals surface area contributed by atoms with Crippen LogP contribution in [0.2, 0.25) is 5.02 Å². The molecule has 1 heterocycles. The van der Waals surface area contributed by atoms with E-state index in [-0.39, 0.29) is 18.0 Å². The normalized spacial score (nSPS) is 14.3. The highest BCUT2D eigenvalue weighted by atomic mass is 35.5. The molecule has 1 aromatic heterocycles. The maximum atomic E-state index is 11.9. The van der Waals surface area contributed by atoms with Crippen LogP contribution in [0.25, 0.3) is 10.9 Å². The van der Waals surface area contributed by atoms with E-state index in [1.165, 1.54) is 0 Å². The number of H-pyrrole nitrogens is 1. The molecule has 0 aliphatic heterocycles. The Morgan fingerprint density at radius 1 is 1.43 bits per heavy atom. The molecule has 7 heteroatoms. The average Bonchev–Trinajstić information content (AvgIpc) is 3.22. The van der Waals surface area contributed by atoms with Crippen LogP contribution in [-0.4, -0.2) is 28.5 Å². The Kier molecular flexibility index (Phi) is 3.90. The molecule has 3 rings (SSSR count). The van der Waals surface area contributed by atoms with Gasteiger partial charge in [0.2, 0.25) is 5.91 Å². The SMILES string of the molecule is O=C(CNCc1nc2cc(Cl)ccc2c(=O)[nH]1)NC1CC1. The van der Waals surface area contributed by atoms with Crippen LogP contribution >= 0.6 is 11.6 Å². The fourth-order valence-electron chi connectivity index (χ4n) is 2.05. The van der Waals surface area contributed by atoms with Gasteiger partial charge in [-0.25, -0.2) is 4.98 Å². The van der Waals surface area contributed by atoms with Gasteiger partial charge in [0.1, 0.15) is 5.82 Å². The zero-order valence-electron chi connectivity index (χ0n) is 11.3. The van der Waals surface area contributed by atoms with Crippen LogP contribution in [-0.2, 0) is 11.3 Å². The van der Waals surface area contributed by atoms with Crippen molar-refractivity contribution < 1.29 is 4.79 Å². The molecule has 3 N–H and O–H groups in total. The number of carbonyl (C=O) groups is 1. The van der Waals surface area contributed by atoms with Gasteiger partial charge in [-0.2, -0.15) is 0 Å². The third-order valence-corrected chi connectivity index (χ3v) is 3.47. The van der Waals surface area contributed by atoms with Crippen LogP contribution in [0.1, 0.15) is 18.7 Å². The summed E-state index contributed by atoms with van der Waals surface area (Å²) in [5.41, 5.74) is 0.335. The number of amides is 1. The molecule has 21 heavy (non-hydrogen) atoms. The number of halogens is 1. The quantitative estimate of drug-likeness (QED) is 0.767. The molecule has 1 aliphatic rings. The van der Waals surface area contributed by atoms with E-state index >= 15 is 0 Å². The second kappa shape index (κ2) is 5.83. The van der Waals surface area contributed by atoms with E-state index in [4.69, 9.17) is 11.6 Å². The van der Waals surface area contributed by atoms with E-state index < -0.39 is 0 Å². The first-order valence-electron chi connectivity index (χ1n) is 6.80. The van der Waals surface area contributed by atoms with E-state index in [2.05, 4.69) is 20.6 Å². The highest BCUT2D eigenvalue weighted by Gasteiger charge is 2.22. The third kappa shape index (κ3) is 3.59. The van der Waals surface area contributed by atoms with Crippen molar-refractivity contribution in [3.63, 3.8) is 0 Å². The molecule has 6 nitrogen and oxygen atoms in total. The number of fused-ring (bicyclic) bond motifs is 1. The van der Waals surface area contributed by atoms with Crippen LogP contribution in [0.5, 0.6) is 0 Å². The molecule has 0 saturated heterocycles. The number of benzene rings is 1. The Hall–Kier alpha value is -1.92. The van der Waals surface area contributed by atoms with Crippen LogP contribution in [0.4, 0.5) is 0 Å². The molecule has 0 bridgehead atoms. The van der Waals surface area contributed by atoms with E-state index in [1.54, 1.807) is 18.2 Å². The average molecular weight is 307 g/mol. The van der Waals surface area contributed by atoms with Crippen molar-refractivity contribution in [1.29, 1.82) is 0 Å². The van der Waals surface area contributed by atoms with Gasteiger partial charge in [-0.15, -0.1) is 0 Å². The molecule has 110 valence electrons. The minimum absolute atomic E-state index is 0.0383. The summed E-state index contributed by atoms with van der Waals surface area (Å²) in [7, 11) is 0. The molecule has 1 fully saturated rings. The second-order valence-electron chi connectivity index (χ2n) is 5.12. The third-order valence-electron chi connectivity index (χ3n) is 3.24. The van der Waals surface area contributed by atoms with Gasteiger partial charge in [-0.3, -0.25) is 9.59 Å². The fraction of sp³-hybridized carbons (Fsp3) is 0.357. The highest BCUT2D eigenvalue weighted by molar-refractivity contribution is 6.31. The minimum atomic E-state index is -0.212. The molecule has 0 spiro atoms. The smallest absolute Gasteiger partial charge is 0.258 e. The summed E-state index contributed by atoms with van der Waals surface area (Å²) in [6.07, 6.45) is 2.12. The van der Waals surface area contributed by atoms with Gasteiger partial charge in [-0.05, 0) is 31.0 Å². The molecule has 0 atom stereocenters. The molecule has 1 aromatic carbocycles. The van der Waals surface area contributed by atoms with Gasteiger partial charge in [0.25, 0.3) is 5.56 Å². The predicted molar refractivity (Wildman–Crippen MR) is 80.2 cm³/mol. The summed E-state index contributed by atoms with van der Waals surface area (Å²) in [4.78, 5) is 30.5. The van der Waals surface area contributed by atoms with Gasteiger partial charge in [-0.1, -0.05) is 11.6 Å². The first-order valence-corrected chi connectivity index (χ1v) is 7.18. The summed E-state index contributed by atoms with van der Waals surface area (Å²) in [5, 5.41) is 6.87. The molecule has 2 aromatic rings. The summed E-state index contributed by atoms with van der Waals surface area (Å²) >= 11 is 5.90. The largest absolute Gasteiger partial charge is 0.352 e. The molecule has 1 saturated carbocycles. The first-order chi connectivity index (χ1) is 10.1. The number of aromatic nitrogens is 2. The van der Waals surface area contributed by atoms with E-state index in [1.807, 2.05) is 0 Å². The maximum absolute atomic E-state index is 11.9. The summed E-state index contributed by atoms with van der Waals surface area (Å²) in [5.74, 6) is 0.442. The van der Waals surface area contributed by atoms with Gasteiger partial charge in [0.15, 0.2) is 0 Å². The van der Waals surface area contributed by atoms with Crippen molar-refractivity contribution in [2.24, 2.45) is 0 Å². The number of carbonyl (C=O) groups excluding carboxylic acids is 1. The number of nitrogens with zero attached hydrogens (tertiary/aromatic N) is 1. The standard InChI is InChI=1S/C14H15ClN4O2/c15-8-1-4-10-11(5-8)18-12(19-14(10)21)6-16-7-13(20)17-9-2-3-9/h1,4-5,9,16H,2-3,6-7H2,(H,17,20)(H,18,19,21). The number of hydrogen-bond acceptors (Lipinski definition) is 4. The fourth-order valence-corrected chi connectivity index (χ4v) is 2.21. The maximum Gasteiger partial charge on any atom is 0.258 e. The number of hydrogen-bond donors (Lipinski definition) is 3. The van der Waals surface area contributed by atoms with Crippen LogP contribution in [0, 0.1) is 0 Å². The van der Waals surface area contributed by atoms with Crippen LogP contribution < -0.4 is 16.2 Å². The molecular formula is C14H15ClN4O2. The highest BCUT2D eigenvalue weighted by Crippen LogP contribution is 2.18. The summed E-state index contributed by atoms with van der Waals surface area (Å²) < 4.78 is 0. The lowest BCUT2D eigenvalue weighted by Gasteiger charge is -2.06. The number of aromatic amines is 1. The Morgan fingerprint density at radius 2 is 2.24 bits per heavy atom. The van der Waals surface area contributed by atoms with Crippen molar-refractivity contribution in [2.75, 3.05) is 6.54 Å². The van der Waals surface area contributed by atoms with Crippen LogP contribution in [0.3, 0.4) is 0 Å². The molecule has 1 aliphatic carbocycles. The van der Waals surface area contributed by atoms with Gasteiger partial charge in [0.05, 0.1) is 24.0 Å². The van der Waals surface area contributed by atoms with E-state index in [0.29, 0.717) is 34.3 Å². The number of nitrogens with one attached hydrogen (secondary N) is 3. The molecular weight excluding hydrogens is 292 g/mol. The Morgan fingerprint density at radius 3 is 3.00 bits per heavy atom. The van der Waals surface area contributed by atoms with Gasteiger partial charge >= 0.3 is 0 Å². The minimum Gasteiger partial charge on any atom is -0.352 e. The molecule has 0 radical (unpaired) electrons. The summed E-state index contributed by atoms with van der Waals surface area (Å²) in [6.45, 7) is 0.517. The van der Waals surface area contributed by atoms with Gasteiger partial charge < -0.3 is 15.6 Å². The Balaban J connectivity index is 1.66. The topological polar surface area (TPSA) is 86.9 Å². The monoisotopic (exact) mass is 306 g/mol. The predicted octanol–water partition coefficient (Wildman–Crippen LogP) is 0.945. The zero-order valence-corrected chi connectivity index (χ0v) is 12.0. The molecule has 1 amide bonds. The van der Waals surface area contributed by atoms with E-state index in [0.717, 1.165) is 12.8 Å². The second-order valence-corrected chi connectivity index (χ2v) is 5.56. The van der Waals surface area contributed by atoms with Gasteiger partial charge in [0, 0.05) is 11.1 Å². The number of rotatable bonds is 5. The van der Waals surface area contributed by atoms with Crippen molar-refractivity contribution >= 4 is 28.4 Å². The lowest BCUT2D eigenvalue weighted by atomic mass is 10.2. The van der Waals surface area contributed by atoms with E-state index in [9.17, 15) is 9.59 Å². The lowest BCUT2D eigenvalue weighted by Crippen LogP contribution is -2.35. The Labute approximate surface area is 125 Å².